The summed E-state index contributed by atoms with van der Waals surface area (Å²) in [4.78, 5) is 44.8. The monoisotopic (exact) mass is 710 g/mol. The van der Waals surface area contributed by atoms with E-state index in [2.05, 4.69) is 27.6 Å². The molecule has 0 saturated heterocycles. The van der Waals surface area contributed by atoms with Crippen molar-refractivity contribution in [1.82, 2.24) is 4.57 Å². The molecule has 11 heteroatoms. The van der Waals surface area contributed by atoms with E-state index in [1.807, 2.05) is 24.3 Å². The van der Waals surface area contributed by atoms with Crippen LogP contribution in [0.15, 0.2) is 87.8 Å². The van der Waals surface area contributed by atoms with Crippen molar-refractivity contribution in [3.05, 3.63) is 118 Å². The number of hydrogen-bond donors (Lipinski definition) is 0. The van der Waals surface area contributed by atoms with Crippen molar-refractivity contribution in [2.24, 2.45) is 4.99 Å². The molecule has 1 aliphatic heterocycles. The Morgan fingerprint density at radius 2 is 1.74 bits per heavy atom. The number of nitrogens with zero attached hydrogens (tertiary/aromatic N) is 2. The third-order valence-corrected chi connectivity index (χ3v) is 8.65. The molecule has 0 aliphatic carbocycles. The normalized spacial score (nSPS) is 14.5. The zero-order valence-electron chi connectivity index (χ0n) is 23.8. The molecule has 1 atom stereocenters. The van der Waals surface area contributed by atoms with Crippen molar-refractivity contribution in [2.75, 3.05) is 20.8 Å². The van der Waals surface area contributed by atoms with Gasteiger partial charge in [0.2, 0.25) is 0 Å². The number of carbonyl (C=O) groups excluding carboxylic acids is 2. The first-order valence-corrected chi connectivity index (χ1v) is 15.1. The Labute approximate surface area is 264 Å². The van der Waals surface area contributed by atoms with Gasteiger partial charge in [-0.2, -0.15) is 0 Å². The van der Waals surface area contributed by atoms with Crippen LogP contribution in [0.3, 0.4) is 0 Å². The van der Waals surface area contributed by atoms with Gasteiger partial charge in [-0.25, -0.2) is 14.6 Å². The molecule has 0 saturated carbocycles. The number of benzene rings is 3. The quantitative estimate of drug-likeness (QED) is 0.149. The first-order valence-electron chi connectivity index (χ1n) is 13.2. The number of aromatic nitrogens is 1. The Hall–Kier alpha value is -4.23. The summed E-state index contributed by atoms with van der Waals surface area (Å²) in [5.41, 5.74) is 2.27. The third-order valence-electron chi connectivity index (χ3n) is 6.73. The second-order valence-electron chi connectivity index (χ2n) is 9.36. The van der Waals surface area contributed by atoms with Crippen LogP contribution in [-0.4, -0.2) is 37.3 Å². The van der Waals surface area contributed by atoms with Gasteiger partial charge in [0.25, 0.3) is 5.56 Å². The number of fused-ring (bicyclic) bond motifs is 1. The van der Waals surface area contributed by atoms with Crippen molar-refractivity contribution in [3.8, 4) is 17.2 Å². The predicted octanol–water partition coefficient (Wildman–Crippen LogP) is 4.64. The molecule has 43 heavy (non-hydrogen) atoms. The Balaban J connectivity index is 1.56. The van der Waals surface area contributed by atoms with Crippen LogP contribution < -0.4 is 29.1 Å². The van der Waals surface area contributed by atoms with Gasteiger partial charge in [-0.15, -0.1) is 0 Å². The molecule has 0 radical (unpaired) electrons. The van der Waals surface area contributed by atoms with Crippen LogP contribution in [0.4, 0.5) is 0 Å². The van der Waals surface area contributed by atoms with Gasteiger partial charge in [0.05, 0.1) is 48.2 Å². The number of thiazole rings is 1. The Morgan fingerprint density at radius 3 is 2.42 bits per heavy atom. The van der Waals surface area contributed by atoms with E-state index in [0.717, 1.165) is 3.57 Å². The first kappa shape index (κ1) is 30.2. The van der Waals surface area contributed by atoms with Gasteiger partial charge >= 0.3 is 11.9 Å². The molecular weight excluding hydrogens is 683 g/mol. The van der Waals surface area contributed by atoms with Crippen molar-refractivity contribution in [1.29, 1.82) is 0 Å². The molecule has 0 N–H and O–H groups in total. The van der Waals surface area contributed by atoms with Crippen molar-refractivity contribution in [3.63, 3.8) is 0 Å². The number of allylic oxidation sites excluding steroid dienone is 1. The van der Waals surface area contributed by atoms with Crippen LogP contribution in [0.25, 0.3) is 6.08 Å². The average molecular weight is 711 g/mol. The summed E-state index contributed by atoms with van der Waals surface area (Å²) in [6, 6.07) is 18.6. The van der Waals surface area contributed by atoms with Gasteiger partial charge in [0.1, 0.15) is 5.75 Å². The summed E-state index contributed by atoms with van der Waals surface area (Å²) >= 11 is 3.29. The van der Waals surface area contributed by atoms with Gasteiger partial charge in [-0.3, -0.25) is 9.36 Å². The molecule has 9 nitrogen and oxygen atoms in total. The summed E-state index contributed by atoms with van der Waals surface area (Å²) in [6.07, 6.45) is 1.71. The van der Waals surface area contributed by atoms with Crippen LogP contribution in [0.2, 0.25) is 0 Å². The largest absolute Gasteiger partial charge is 0.497 e. The fraction of sp³-hybridized carbons (Fsp3) is 0.188. The highest BCUT2D eigenvalue weighted by Crippen LogP contribution is 2.32. The summed E-state index contributed by atoms with van der Waals surface area (Å²) in [5, 5.41) is 0. The lowest BCUT2D eigenvalue weighted by Gasteiger charge is -2.24. The van der Waals surface area contributed by atoms with E-state index in [0.29, 0.717) is 48.8 Å². The molecule has 4 aromatic rings. The standard InChI is InChI=1S/C32H27IN2O7S/c1-5-41-31(38)27-18(2)34-32-35(28(27)20-11-13-21(39-3)14-12-20)29(36)26(43-32)17-19-10-15-24(25(16-19)40-4)42-30(37)22-8-6-7-9-23(22)33/h6-17,28H,5H2,1-4H3/b26-17+. The zero-order valence-corrected chi connectivity index (χ0v) is 26.7. The number of rotatable bonds is 8. The molecule has 1 unspecified atom stereocenters. The Morgan fingerprint density at radius 1 is 1.00 bits per heavy atom. The predicted molar refractivity (Wildman–Crippen MR) is 171 cm³/mol. The Kier molecular flexibility index (Phi) is 9.11. The van der Waals surface area contributed by atoms with E-state index in [-0.39, 0.29) is 17.9 Å². The van der Waals surface area contributed by atoms with E-state index in [4.69, 9.17) is 18.9 Å². The molecule has 5 rings (SSSR count). The molecule has 2 heterocycles. The fourth-order valence-corrected chi connectivity index (χ4v) is 6.34. The fourth-order valence-electron chi connectivity index (χ4n) is 4.68. The van der Waals surface area contributed by atoms with Gasteiger partial charge < -0.3 is 18.9 Å². The molecule has 1 aromatic heterocycles. The average Bonchev–Trinajstić information content (AvgIpc) is 3.31. The summed E-state index contributed by atoms with van der Waals surface area (Å²) < 4.78 is 24.5. The topological polar surface area (TPSA) is 105 Å². The van der Waals surface area contributed by atoms with Crippen LogP contribution >= 0.6 is 33.9 Å². The summed E-state index contributed by atoms with van der Waals surface area (Å²) in [5.74, 6) is 0.197. The Bertz CT molecular complexity index is 1930. The molecule has 220 valence electrons. The number of hydrogen-bond acceptors (Lipinski definition) is 9. The van der Waals surface area contributed by atoms with Crippen molar-refractivity contribution in [2.45, 2.75) is 19.9 Å². The number of halogens is 1. The smallest absolute Gasteiger partial charge is 0.344 e. The summed E-state index contributed by atoms with van der Waals surface area (Å²) in [6.45, 7) is 3.66. The number of carbonyl (C=O) groups is 2. The van der Waals surface area contributed by atoms with E-state index >= 15 is 0 Å². The van der Waals surface area contributed by atoms with E-state index in [9.17, 15) is 14.4 Å². The molecule has 1 aliphatic rings. The van der Waals surface area contributed by atoms with E-state index in [1.54, 1.807) is 69.5 Å². The number of ether oxygens (including phenoxy) is 4. The number of methoxy groups -OCH3 is 2. The van der Waals surface area contributed by atoms with E-state index in [1.165, 1.54) is 23.0 Å². The van der Waals surface area contributed by atoms with Crippen molar-refractivity contribution < 1.29 is 28.5 Å². The van der Waals surface area contributed by atoms with Crippen LogP contribution in [0, 0.1) is 3.57 Å². The van der Waals surface area contributed by atoms with Crippen LogP contribution in [0.1, 0.15) is 41.4 Å². The third kappa shape index (κ3) is 6.13. The molecule has 0 amide bonds. The number of esters is 2. The minimum atomic E-state index is -0.736. The lowest BCUT2D eigenvalue weighted by atomic mass is 9.96. The van der Waals surface area contributed by atoms with Gasteiger partial charge in [0, 0.05) is 3.57 Å². The highest BCUT2D eigenvalue weighted by atomic mass is 127. The highest BCUT2D eigenvalue weighted by Gasteiger charge is 2.33. The maximum Gasteiger partial charge on any atom is 0.344 e. The molecule has 3 aromatic carbocycles. The van der Waals surface area contributed by atoms with Crippen LogP contribution in [0.5, 0.6) is 17.2 Å². The lowest BCUT2D eigenvalue weighted by Crippen LogP contribution is -2.39. The molecule has 0 spiro atoms. The zero-order chi connectivity index (χ0) is 30.7. The second-order valence-corrected chi connectivity index (χ2v) is 11.5. The maximum absolute atomic E-state index is 13.9. The van der Waals surface area contributed by atoms with Crippen LogP contribution in [-0.2, 0) is 9.53 Å². The molecule has 0 bridgehead atoms. The van der Waals surface area contributed by atoms with Gasteiger partial charge in [0.15, 0.2) is 16.3 Å². The molecular formula is C32H27IN2O7S. The van der Waals surface area contributed by atoms with Gasteiger partial charge in [-0.05, 0) is 90.0 Å². The highest BCUT2D eigenvalue weighted by molar-refractivity contribution is 14.1. The van der Waals surface area contributed by atoms with Gasteiger partial charge in [-0.1, -0.05) is 41.7 Å². The lowest BCUT2D eigenvalue weighted by molar-refractivity contribution is -0.139. The minimum absolute atomic E-state index is 0.188. The van der Waals surface area contributed by atoms with E-state index < -0.39 is 18.0 Å². The van der Waals surface area contributed by atoms with Crippen molar-refractivity contribution >= 4 is 51.9 Å². The summed E-state index contributed by atoms with van der Waals surface area (Å²) in [7, 11) is 3.05. The minimum Gasteiger partial charge on any atom is -0.497 e. The second kappa shape index (κ2) is 13.0. The molecule has 0 fully saturated rings. The first-order chi connectivity index (χ1) is 20.7. The maximum atomic E-state index is 13.9. The SMILES string of the molecule is CCOC(=O)C1=C(C)N=c2s/c(=C/c3ccc(OC(=O)c4ccccc4I)c(OC)c3)c(=O)n2C1c1ccc(OC)cc1.